The fourth-order valence-corrected chi connectivity index (χ4v) is 3.36. The number of hydrogen-bond acceptors (Lipinski definition) is 4. The van der Waals surface area contributed by atoms with Crippen LogP contribution in [0, 0.1) is 0 Å². The zero-order valence-electron chi connectivity index (χ0n) is 11.6. The Bertz CT molecular complexity index is 392. The van der Waals surface area contributed by atoms with Crippen molar-refractivity contribution in [2.45, 2.75) is 32.1 Å². The second-order valence-corrected chi connectivity index (χ2v) is 7.12. The summed E-state index contributed by atoms with van der Waals surface area (Å²) < 4.78 is 0.351. The lowest BCUT2D eigenvalue weighted by atomic mass is 10.1. The average molecular weight is 265 g/mol. The van der Waals surface area contributed by atoms with E-state index in [1.165, 1.54) is 11.4 Å². The molecule has 2 rings (SSSR count). The van der Waals surface area contributed by atoms with Gasteiger partial charge < -0.3 is 10.2 Å². The van der Waals surface area contributed by atoms with Gasteiger partial charge in [0.25, 0.3) is 0 Å². The van der Waals surface area contributed by atoms with Crippen molar-refractivity contribution in [3.05, 3.63) is 24.0 Å². The first-order valence-corrected chi connectivity index (χ1v) is 7.64. The molecule has 18 heavy (non-hydrogen) atoms. The van der Waals surface area contributed by atoms with Crippen LogP contribution in [0.15, 0.2) is 18.3 Å². The molecule has 1 aromatic heterocycles. The van der Waals surface area contributed by atoms with Crippen molar-refractivity contribution in [2.24, 2.45) is 0 Å². The van der Waals surface area contributed by atoms with E-state index in [0.717, 1.165) is 31.9 Å². The summed E-state index contributed by atoms with van der Waals surface area (Å²) >= 11 is 2.07. The summed E-state index contributed by atoms with van der Waals surface area (Å²) in [6.07, 6.45) is 1.93. The van der Waals surface area contributed by atoms with Gasteiger partial charge in [0.15, 0.2) is 0 Å². The average Bonchev–Trinajstić information content (AvgIpc) is 2.35. The molecule has 0 aromatic carbocycles. The number of nitrogens with one attached hydrogen (secondary N) is 1. The van der Waals surface area contributed by atoms with E-state index in [-0.39, 0.29) is 0 Å². The molecule has 1 aliphatic rings. The molecule has 0 aliphatic carbocycles. The maximum atomic E-state index is 4.41. The Kier molecular flexibility index (Phi) is 4.51. The maximum absolute atomic E-state index is 4.41. The summed E-state index contributed by atoms with van der Waals surface area (Å²) in [5.74, 6) is 1.21. The molecule has 0 atom stereocenters. The van der Waals surface area contributed by atoms with Crippen LogP contribution in [0.2, 0.25) is 0 Å². The molecule has 0 amide bonds. The first-order valence-electron chi connectivity index (χ1n) is 6.65. The second kappa shape index (κ2) is 5.93. The Labute approximate surface area is 114 Å². The van der Waals surface area contributed by atoms with Crippen LogP contribution >= 0.6 is 11.8 Å². The van der Waals surface area contributed by atoms with Crippen molar-refractivity contribution < 1.29 is 0 Å². The molecule has 100 valence electrons. The Hall–Kier alpha value is -0.740. The van der Waals surface area contributed by atoms with Crippen LogP contribution in [0.5, 0.6) is 0 Å². The molecule has 0 spiro atoms. The van der Waals surface area contributed by atoms with Gasteiger partial charge in [0.1, 0.15) is 0 Å². The van der Waals surface area contributed by atoms with Crippen LogP contribution < -0.4 is 10.2 Å². The van der Waals surface area contributed by atoms with E-state index in [2.05, 4.69) is 59.9 Å². The van der Waals surface area contributed by atoms with Crippen LogP contribution in [0.1, 0.15) is 26.5 Å². The highest BCUT2D eigenvalue weighted by atomic mass is 32.2. The molecule has 0 unspecified atom stereocenters. The molecule has 1 aromatic rings. The quantitative estimate of drug-likeness (QED) is 0.905. The minimum absolute atomic E-state index is 0.351. The molecule has 0 bridgehead atoms. The molecular weight excluding hydrogens is 242 g/mol. The highest BCUT2D eigenvalue weighted by molar-refractivity contribution is 8.00. The molecule has 1 fully saturated rings. The van der Waals surface area contributed by atoms with E-state index >= 15 is 0 Å². The second-order valence-electron chi connectivity index (χ2n) is 5.32. The van der Waals surface area contributed by atoms with E-state index in [4.69, 9.17) is 0 Å². The first-order chi connectivity index (χ1) is 8.61. The van der Waals surface area contributed by atoms with Crippen LogP contribution in [-0.4, -0.2) is 35.1 Å². The highest BCUT2D eigenvalue weighted by Gasteiger charge is 2.27. The molecule has 1 aliphatic heterocycles. The molecule has 4 heteroatoms. The fourth-order valence-electron chi connectivity index (χ4n) is 2.25. The van der Waals surface area contributed by atoms with Crippen LogP contribution in [0.25, 0.3) is 0 Å². The van der Waals surface area contributed by atoms with Gasteiger partial charge in [0.05, 0.1) is 5.69 Å². The molecule has 1 N–H and O–H groups in total. The Morgan fingerprint density at radius 3 is 3.06 bits per heavy atom. The van der Waals surface area contributed by atoms with Crippen molar-refractivity contribution >= 4 is 17.4 Å². The number of hydrogen-bond donors (Lipinski definition) is 1. The summed E-state index contributed by atoms with van der Waals surface area (Å²) in [6.45, 7) is 10.9. The van der Waals surface area contributed by atoms with Gasteiger partial charge in [-0.2, -0.15) is 11.8 Å². The molecular formula is C14H23N3S. The van der Waals surface area contributed by atoms with Gasteiger partial charge in [0.2, 0.25) is 0 Å². The number of nitrogens with zero attached hydrogens (tertiary/aromatic N) is 2. The van der Waals surface area contributed by atoms with E-state index < -0.39 is 0 Å². The lowest BCUT2D eigenvalue weighted by molar-refractivity contribution is 0.646. The smallest absolute Gasteiger partial charge is 0.0562 e. The van der Waals surface area contributed by atoms with Crippen molar-refractivity contribution in [3.8, 4) is 0 Å². The molecule has 1 saturated heterocycles. The molecule has 3 nitrogen and oxygen atoms in total. The van der Waals surface area contributed by atoms with Gasteiger partial charge in [-0.25, -0.2) is 0 Å². The lowest BCUT2D eigenvalue weighted by Gasteiger charge is -2.39. The predicted octanol–water partition coefficient (Wildman–Crippen LogP) is 2.52. The normalized spacial score (nSPS) is 18.9. The van der Waals surface area contributed by atoms with Crippen molar-refractivity contribution in [1.82, 2.24) is 10.3 Å². The Morgan fingerprint density at radius 2 is 2.33 bits per heavy atom. The first kappa shape index (κ1) is 13.7. The number of anilines is 1. The van der Waals surface area contributed by atoms with Crippen LogP contribution in [0.4, 0.5) is 5.69 Å². The maximum Gasteiger partial charge on any atom is 0.0562 e. The summed E-state index contributed by atoms with van der Waals surface area (Å²) in [7, 11) is 0. The van der Waals surface area contributed by atoms with Gasteiger partial charge in [-0.05, 0) is 32.5 Å². The van der Waals surface area contributed by atoms with Gasteiger partial charge in [-0.1, -0.05) is 6.92 Å². The SMILES string of the molecule is CCNCc1cc(N2CCSC(C)(C)C2)ccn1. The topological polar surface area (TPSA) is 28.2 Å². The zero-order chi connectivity index (χ0) is 13.0. The number of thioether (sulfide) groups is 1. The largest absolute Gasteiger partial charge is 0.369 e. The predicted molar refractivity (Wildman–Crippen MR) is 80.4 cm³/mol. The standard InChI is InChI=1S/C14H23N3S/c1-4-15-10-12-9-13(5-6-16-12)17-7-8-18-14(2,3)11-17/h5-6,9,15H,4,7-8,10-11H2,1-3H3. The Morgan fingerprint density at radius 1 is 1.50 bits per heavy atom. The minimum atomic E-state index is 0.351. The van der Waals surface area contributed by atoms with E-state index in [9.17, 15) is 0 Å². The third-order valence-corrected chi connectivity index (χ3v) is 4.44. The number of rotatable bonds is 4. The van der Waals surface area contributed by atoms with Gasteiger partial charge >= 0.3 is 0 Å². The number of pyridine rings is 1. The van der Waals surface area contributed by atoms with E-state index in [0.29, 0.717) is 4.75 Å². The third kappa shape index (κ3) is 3.62. The Balaban J connectivity index is 2.07. The van der Waals surface area contributed by atoms with E-state index in [1.54, 1.807) is 0 Å². The zero-order valence-corrected chi connectivity index (χ0v) is 12.4. The summed E-state index contributed by atoms with van der Waals surface area (Å²) in [5, 5.41) is 3.33. The minimum Gasteiger partial charge on any atom is -0.369 e. The molecule has 2 heterocycles. The highest BCUT2D eigenvalue weighted by Crippen LogP contribution is 2.32. The monoisotopic (exact) mass is 265 g/mol. The van der Waals surface area contributed by atoms with E-state index in [1.807, 2.05) is 6.20 Å². The van der Waals surface area contributed by atoms with Crippen molar-refractivity contribution in [3.63, 3.8) is 0 Å². The fraction of sp³-hybridized carbons (Fsp3) is 0.643. The lowest BCUT2D eigenvalue weighted by Crippen LogP contribution is -2.43. The van der Waals surface area contributed by atoms with Crippen LogP contribution in [0.3, 0.4) is 0 Å². The van der Waals surface area contributed by atoms with Crippen molar-refractivity contribution in [1.29, 1.82) is 0 Å². The van der Waals surface area contributed by atoms with Gasteiger partial charge in [-0.3, -0.25) is 4.98 Å². The molecule has 0 saturated carbocycles. The summed E-state index contributed by atoms with van der Waals surface area (Å²) in [4.78, 5) is 6.89. The summed E-state index contributed by atoms with van der Waals surface area (Å²) in [5.41, 5.74) is 2.44. The molecule has 0 radical (unpaired) electrons. The van der Waals surface area contributed by atoms with Gasteiger partial charge in [-0.15, -0.1) is 0 Å². The number of aromatic nitrogens is 1. The summed E-state index contributed by atoms with van der Waals surface area (Å²) in [6, 6.07) is 4.34. The van der Waals surface area contributed by atoms with Crippen molar-refractivity contribution in [2.75, 3.05) is 30.3 Å². The third-order valence-electron chi connectivity index (χ3n) is 3.15. The van der Waals surface area contributed by atoms with Crippen LogP contribution in [-0.2, 0) is 6.54 Å². The van der Waals surface area contributed by atoms with Gasteiger partial charge in [0, 0.05) is 42.0 Å².